The van der Waals surface area contributed by atoms with E-state index in [1.165, 1.54) is 12.8 Å². The van der Waals surface area contributed by atoms with Gasteiger partial charge in [-0.05, 0) is 43.4 Å². The zero-order valence-electron chi connectivity index (χ0n) is 13.3. The van der Waals surface area contributed by atoms with Gasteiger partial charge in [-0.2, -0.15) is 0 Å². The molecule has 1 aliphatic rings. The van der Waals surface area contributed by atoms with E-state index < -0.39 is 0 Å². The van der Waals surface area contributed by atoms with E-state index in [4.69, 9.17) is 5.73 Å². The van der Waals surface area contributed by atoms with E-state index in [0.29, 0.717) is 18.5 Å². The Morgan fingerprint density at radius 3 is 2.67 bits per heavy atom. The highest BCUT2D eigenvalue weighted by atomic mass is 16.2. The van der Waals surface area contributed by atoms with Gasteiger partial charge < -0.3 is 11.1 Å². The molecule has 0 heterocycles. The molecule has 2 rings (SSSR count). The maximum absolute atomic E-state index is 12.5. The predicted octanol–water partition coefficient (Wildman–Crippen LogP) is 2.59. The molecule has 0 aliphatic heterocycles. The number of hydrogen-bond acceptors (Lipinski definition) is 3. The third-order valence-corrected chi connectivity index (χ3v) is 3.90. The van der Waals surface area contributed by atoms with Gasteiger partial charge in [0.25, 0.3) is 0 Å². The van der Waals surface area contributed by atoms with Crippen molar-refractivity contribution in [3.63, 3.8) is 0 Å². The first-order valence-electron chi connectivity index (χ1n) is 7.87. The Balaban J connectivity index is 2.00. The number of nitrogens with one attached hydrogen (secondary N) is 1. The lowest BCUT2D eigenvalue weighted by Gasteiger charge is -2.29. The minimum atomic E-state index is -0.0959. The molecule has 21 heavy (non-hydrogen) atoms. The van der Waals surface area contributed by atoms with Crippen LogP contribution in [0.4, 0.5) is 5.69 Å². The fourth-order valence-corrected chi connectivity index (χ4v) is 2.62. The summed E-state index contributed by atoms with van der Waals surface area (Å²) in [5.74, 6) is 0.637. The molecule has 4 heteroatoms. The van der Waals surface area contributed by atoms with Crippen LogP contribution in [0.5, 0.6) is 0 Å². The molecule has 116 valence electrons. The first-order valence-corrected chi connectivity index (χ1v) is 7.87. The Morgan fingerprint density at radius 2 is 2.10 bits per heavy atom. The number of benzene rings is 1. The maximum atomic E-state index is 12.5. The molecule has 0 spiro atoms. The Hall–Kier alpha value is -1.39. The van der Waals surface area contributed by atoms with Crippen LogP contribution in [0.25, 0.3) is 0 Å². The quantitative estimate of drug-likeness (QED) is 0.811. The van der Waals surface area contributed by atoms with Crippen molar-refractivity contribution in [1.29, 1.82) is 0 Å². The number of carbonyl (C=O) groups excluding carboxylic acids is 1. The SMILES string of the molecule is CC(C)CN(C1CC1)C(C)C(=O)Nc1cccc(CN)c1. The van der Waals surface area contributed by atoms with Crippen LogP contribution >= 0.6 is 0 Å². The van der Waals surface area contributed by atoms with Crippen molar-refractivity contribution >= 4 is 11.6 Å². The third-order valence-electron chi connectivity index (χ3n) is 3.90. The molecule has 3 N–H and O–H groups in total. The summed E-state index contributed by atoms with van der Waals surface area (Å²) in [6.07, 6.45) is 2.43. The third kappa shape index (κ3) is 4.55. The van der Waals surface area contributed by atoms with E-state index in [1.54, 1.807) is 0 Å². The average Bonchev–Trinajstić information content (AvgIpc) is 3.28. The van der Waals surface area contributed by atoms with Gasteiger partial charge in [-0.3, -0.25) is 9.69 Å². The molecule has 0 radical (unpaired) electrons. The summed E-state index contributed by atoms with van der Waals surface area (Å²) >= 11 is 0. The monoisotopic (exact) mass is 289 g/mol. The second-order valence-corrected chi connectivity index (χ2v) is 6.39. The van der Waals surface area contributed by atoms with E-state index in [0.717, 1.165) is 17.8 Å². The van der Waals surface area contributed by atoms with Crippen LogP contribution in [0.1, 0.15) is 39.2 Å². The number of anilines is 1. The van der Waals surface area contributed by atoms with Crippen molar-refractivity contribution in [2.24, 2.45) is 11.7 Å². The summed E-state index contributed by atoms with van der Waals surface area (Å²) in [4.78, 5) is 14.8. The molecule has 1 aromatic carbocycles. The van der Waals surface area contributed by atoms with Crippen LogP contribution in [-0.4, -0.2) is 29.4 Å². The number of rotatable bonds is 7. The molecule has 1 aromatic rings. The molecule has 1 aliphatic carbocycles. The van der Waals surface area contributed by atoms with Crippen molar-refractivity contribution in [2.75, 3.05) is 11.9 Å². The maximum Gasteiger partial charge on any atom is 0.241 e. The van der Waals surface area contributed by atoms with Gasteiger partial charge in [0.1, 0.15) is 0 Å². The Morgan fingerprint density at radius 1 is 1.38 bits per heavy atom. The van der Waals surface area contributed by atoms with E-state index in [1.807, 2.05) is 31.2 Å². The van der Waals surface area contributed by atoms with Crippen molar-refractivity contribution in [3.05, 3.63) is 29.8 Å². The van der Waals surface area contributed by atoms with Crippen LogP contribution in [-0.2, 0) is 11.3 Å². The van der Waals surface area contributed by atoms with Crippen LogP contribution < -0.4 is 11.1 Å². The van der Waals surface area contributed by atoms with Crippen LogP contribution in [0, 0.1) is 5.92 Å². The summed E-state index contributed by atoms with van der Waals surface area (Å²) in [6, 6.07) is 8.23. The Kier molecular flexibility index (Phi) is 5.37. The summed E-state index contributed by atoms with van der Waals surface area (Å²) in [5.41, 5.74) is 7.50. The molecule has 0 bridgehead atoms. The molecule has 1 unspecified atom stereocenters. The number of hydrogen-bond donors (Lipinski definition) is 2. The van der Waals surface area contributed by atoms with Gasteiger partial charge in [0, 0.05) is 24.8 Å². The lowest BCUT2D eigenvalue weighted by atomic mass is 10.1. The molecular weight excluding hydrogens is 262 g/mol. The average molecular weight is 289 g/mol. The normalized spacial score (nSPS) is 16.3. The van der Waals surface area contributed by atoms with E-state index >= 15 is 0 Å². The summed E-state index contributed by atoms with van der Waals surface area (Å²) in [5, 5.41) is 3.02. The fraction of sp³-hybridized carbons (Fsp3) is 0.588. The summed E-state index contributed by atoms with van der Waals surface area (Å²) in [7, 11) is 0. The summed E-state index contributed by atoms with van der Waals surface area (Å²) in [6.45, 7) is 7.86. The van der Waals surface area contributed by atoms with Crippen LogP contribution in [0.3, 0.4) is 0 Å². The number of carbonyl (C=O) groups is 1. The molecule has 1 atom stereocenters. The van der Waals surface area contributed by atoms with E-state index in [9.17, 15) is 4.79 Å². The number of nitrogens with two attached hydrogens (primary N) is 1. The molecular formula is C17H27N3O. The van der Waals surface area contributed by atoms with Gasteiger partial charge >= 0.3 is 0 Å². The second kappa shape index (κ2) is 7.05. The van der Waals surface area contributed by atoms with Gasteiger partial charge in [0.15, 0.2) is 0 Å². The molecule has 1 amide bonds. The topological polar surface area (TPSA) is 58.4 Å². The summed E-state index contributed by atoms with van der Waals surface area (Å²) < 4.78 is 0. The first kappa shape index (κ1) is 16.0. The highest BCUT2D eigenvalue weighted by Crippen LogP contribution is 2.29. The van der Waals surface area contributed by atoms with Gasteiger partial charge in [0.05, 0.1) is 6.04 Å². The van der Waals surface area contributed by atoms with Gasteiger partial charge in [0.2, 0.25) is 5.91 Å². The Labute approximate surface area is 127 Å². The minimum absolute atomic E-state index is 0.0664. The number of nitrogens with zero attached hydrogens (tertiary/aromatic N) is 1. The molecule has 1 fully saturated rings. The molecule has 4 nitrogen and oxygen atoms in total. The molecule has 1 saturated carbocycles. The van der Waals surface area contributed by atoms with Gasteiger partial charge in [-0.15, -0.1) is 0 Å². The van der Waals surface area contributed by atoms with Crippen molar-refractivity contribution in [1.82, 2.24) is 4.90 Å². The van der Waals surface area contributed by atoms with Crippen molar-refractivity contribution < 1.29 is 4.79 Å². The second-order valence-electron chi connectivity index (χ2n) is 6.39. The highest BCUT2D eigenvalue weighted by molar-refractivity contribution is 5.94. The largest absolute Gasteiger partial charge is 0.326 e. The smallest absolute Gasteiger partial charge is 0.241 e. The Bertz CT molecular complexity index is 483. The zero-order chi connectivity index (χ0) is 15.4. The van der Waals surface area contributed by atoms with Crippen molar-refractivity contribution in [2.45, 2.75) is 52.2 Å². The number of amides is 1. The lowest BCUT2D eigenvalue weighted by molar-refractivity contribution is -0.121. The fourth-order valence-electron chi connectivity index (χ4n) is 2.62. The predicted molar refractivity (Wildman–Crippen MR) is 87.0 cm³/mol. The lowest BCUT2D eigenvalue weighted by Crippen LogP contribution is -2.45. The van der Waals surface area contributed by atoms with Gasteiger partial charge in [-0.25, -0.2) is 0 Å². The first-order chi connectivity index (χ1) is 10.0. The van der Waals surface area contributed by atoms with Gasteiger partial charge in [-0.1, -0.05) is 26.0 Å². The molecule has 0 aromatic heterocycles. The zero-order valence-corrected chi connectivity index (χ0v) is 13.3. The minimum Gasteiger partial charge on any atom is -0.326 e. The van der Waals surface area contributed by atoms with Crippen LogP contribution in [0.15, 0.2) is 24.3 Å². The van der Waals surface area contributed by atoms with Crippen LogP contribution in [0.2, 0.25) is 0 Å². The van der Waals surface area contributed by atoms with Crippen molar-refractivity contribution in [3.8, 4) is 0 Å². The molecule has 0 saturated heterocycles. The van der Waals surface area contributed by atoms with E-state index in [-0.39, 0.29) is 11.9 Å². The standard InChI is InChI=1S/C17H27N3O/c1-12(2)11-20(16-7-8-16)13(3)17(21)19-15-6-4-5-14(9-15)10-18/h4-6,9,12-13,16H,7-8,10-11,18H2,1-3H3,(H,19,21). The van der Waals surface area contributed by atoms with E-state index in [2.05, 4.69) is 24.1 Å². The highest BCUT2D eigenvalue weighted by Gasteiger charge is 2.35.